The summed E-state index contributed by atoms with van der Waals surface area (Å²) in [4.78, 5) is 4.22. The predicted molar refractivity (Wildman–Crippen MR) is 49.5 cm³/mol. The van der Waals surface area contributed by atoms with Crippen molar-refractivity contribution in [3.63, 3.8) is 0 Å². The van der Waals surface area contributed by atoms with Crippen LogP contribution < -0.4 is 0 Å². The Morgan fingerprint density at radius 2 is 2.38 bits per heavy atom. The molecular formula is C9H6ClN3. The van der Waals surface area contributed by atoms with E-state index in [2.05, 4.69) is 4.98 Å². The van der Waals surface area contributed by atoms with E-state index in [9.17, 15) is 0 Å². The summed E-state index contributed by atoms with van der Waals surface area (Å²) in [6.07, 6.45) is 2.10. The van der Waals surface area contributed by atoms with Crippen LogP contribution in [0.25, 0.3) is 5.65 Å². The molecule has 4 heteroatoms. The topological polar surface area (TPSA) is 41.1 Å². The molecule has 0 amide bonds. The van der Waals surface area contributed by atoms with Crippen molar-refractivity contribution in [3.8, 4) is 6.07 Å². The first kappa shape index (κ1) is 8.09. The van der Waals surface area contributed by atoms with Crippen molar-refractivity contribution in [2.24, 2.45) is 0 Å². The highest BCUT2D eigenvalue weighted by molar-refractivity contribution is 6.29. The van der Waals surface area contributed by atoms with Gasteiger partial charge in [0.25, 0.3) is 0 Å². The number of fused-ring (bicyclic) bond motifs is 1. The van der Waals surface area contributed by atoms with Crippen molar-refractivity contribution in [2.75, 3.05) is 0 Å². The van der Waals surface area contributed by atoms with E-state index < -0.39 is 0 Å². The summed E-state index contributed by atoms with van der Waals surface area (Å²) >= 11 is 5.91. The van der Waals surface area contributed by atoms with Crippen LogP contribution in [0, 0.1) is 11.3 Å². The van der Waals surface area contributed by atoms with Crippen LogP contribution in [0.4, 0.5) is 0 Å². The average Bonchev–Trinajstić information content (AvgIpc) is 2.49. The predicted octanol–water partition coefficient (Wildman–Crippen LogP) is 2.05. The number of nitriles is 1. The highest BCUT2D eigenvalue weighted by Gasteiger charge is 2.02. The summed E-state index contributed by atoms with van der Waals surface area (Å²) < 4.78 is 1.76. The number of aromatic nitrogens is 2. The number of hydrogen-bond donors (Lipinski definition) is 0. The molecule has 0 saturated heterocycles. The Labute approximate surface area is 80.2 Å². The fourth-order valence-corrected chi connectivity index (χ4v) is 1.40. The number of hydrogen-bond acceptors (Lipinski definition) is 2. The zero-order chi connectivity index (χ0) is 9.26. The Hall–Kier alpha value is -1.53. The molecule has 0 radical (unpaired) electrons. The molecule has 0 spiro atoms. The largest absolute Gasteiger partial charge is 0.290 e. The van der Waals surface area contributed by atoms with Crippen LogP contribution in [0.3, 0.4) is 0 Å². The molecule has 0 saturated carbocycles. The van der Waals surface area contributed by atoms with Crippen molar-refractivity contribution in [2.45, 2.75) is 6.42 Å². The lowest BCUT2D eigenvalue weighted by molar-refractivity contribution is 1.16. The molecule has 2 rings (SSSR count). The van der Waals surface area contributed by atoms with E-state index in [1.54, 1.807) is 16.7 Å². The Balaban J connectivity index is 2.63. The van der Waals surface area contributed by atoms with E-state index in [0.29, 0.717) is 11.6 Å². The third kappa shape index (κ3) is 1.36. The lowest BCUT2D eigenvalue weighted by Gasteiger charge is -1.93. The molecule has 13 heavy (non-hydrogen) atoms. The van der Waals surface area contributed by atoms with E-state index in [-0.39, 0.29) is 0 Å². The molecule has 0 aromatic carbocycles. The zero-order valence-electron chi connectivity index (χ0n) is 6.74. The molecule has 0 N–H and O–H groups in total. The molecule has 0 aliphatic rings. The van der Waals surface area contributed by atoms with Crippen LogP contribution in [0.5, 0.6) is 0 Å². The van der Waals surface area contributed by atoms with Crippen molar-refractivity contribution in [1.29, 1.82) is 5.26 Å². The van der Waals surface area contributed by atoms with Crippen LogP contribution in [0.1, 0.15) is 5.69 Å². The maximum absolute atomic E-state index is 8.48. The first-order valence-electron chi connectivity index (χ1n) is 3.81. The molecule has 2 aromatic heterocycles. The van der Waals surface area contributed by atoms with E-state index in [1.807, 2.05) is 18.2 Å². The van der Waals surface area contributed by atoms with Gasteiger partial charge in [-0.1, -0.05) is 17.7 Å². The number of nitrogens with zero attached hydrogens (tertiary/aromatic N) is 3. The summed E-state index contributed by atoms with van der Waals surface area (Å²) in [6, 6.07) is 7.52. The second-order valence-electron chi connectivity index (χ2n) is 2.64. The third-order valence-electron chi connectivity index (χ3n) is 1.75. The maximum Gasteiger partial charge on any atom is 0.138 e. The summed E-state index contributed by atoms with van der Waals surface area (Å²) in [5.41, 5.74) is 1.52. The van der Waals surface area contributed by atoms with Gasteiger partial charge in [-0.3, -0.25) is 4.40 Å². The van der Waals surface area contributed by atoms with Gasteiger partial charge in [-0.05, 0) is 12.1 Å². The monoisotopic (exact) mass is 191 g/mol. The van der Waals surface area contributed by atoms with Gasteiger partial charge in [0, 0.05) is 6.20 Å². The lowest BCUT2D eigenvalue weighted by Crippen LogP contribution is -1.82. The van der Waals surface area contributed by atoms with Crippen LogP contribution in [0.15, 0.2) is 24.4 Å². The molecule has 2 heterocycles. The second-order valence-corrected chi connectivity index (χ2v) is 3.03. The summed E-state index contributed by atoms with van der Waals surface area (Å²) in [5.74, 6) is 0. The molecule has 2 aromatic rings. The van der Waals surface area contributed by atoms with Gasteiger partial charge in [-0.25, -0.2) is 4.98 Å². The van der Waals surface area contributed by atoms with Gasteiger partial charge in [0.05, 0.1) is 18.2 Å². The molecule has 3 nitrogen and oxygen atoms in total. The van der Waals surface area contributed by atoms with Gasteiger partial charge in [-0.15, -0.1) is 0 Å². The van der Waals surface area contributed by atoms with Gasteiger partial charge >= 0.3 is 0 Å². The van der Waals surface area contributed by atoms with Gasteiger partial charge in [0.1, 0.15) is 10.8 Å². The SMILES string of the molecule is N#CCc1cn2c(Cl)cccc2n1. The minimum atomic E-state index is 0.317. The molecule has 0 unspecified atom stereocenters. The number of imidazole rings is 1. The van der Waals surface area contributed by atoms with Crippen molar-refractivity contribution < 1.29 is 0 Å². The highest BCUT2D eigenvalue weighted by Crippen LogP contribution is 2.13. The summed E-state index contributed by atoms with van der Waals surface area (Å²) in [5, 5.41) is 9.09. The van der Waals surface area contributed by atoms with Crippen molar-refractivity contribution in [3.05, 3.63) is 35.2 Å². The highest BCUT2D eigenvalue weighted by atomic mass is 35.5. The van der Waals surface area contributed by atoms with Gasteiger partial charge in [0.15, 0.2) is 0 Å². The van der Waals surface area contributed by atoms with Crippen LogP contribution >= 0.6 is 11.6 Å². The fourth-order valence-electron chi connectivity index (χ4n) is 1.19. The Morgan fingerprint density at radius 3 is 3.08 bits per heavy atom. The summed E-state index contributed by atoms with van der Waals surface area (Å²) in [6.45, 7) is 0. The third-order valence-corrected chi connectivity index (χ3v) is 2.06. The average molecular weight is 192 g/mol. The molecule has 0 aliphatic carbocycles. The standard InChI is InChI=1S/C9H6ClN3/c10-8-2-1-3-9-12-7(4-5-11)6-13(8)9/h1-3,6H,4H2. The van der Waals surface area contributed by atoms with Crippen LogP contribution in [-0.2, 0) is 6.42 Å². The molecule has 0 fully saturated rings. The Morgan fingerprint density at radius 1 is 1.54 bits per heavy atom. The van der Waals surface area contributed by atoms with E-state index in [1.165, 1.54) is 0 Å². The van der Waals surface area contributed by atoms with Crippen LogP contribution in [-0.4, -0.2) is 9.38 Å². The molecule has 0 atom stereocenters. The van der Waals surface area contributed by atoms with E-state index in [0.717, 1.165) is 11.3 Å². The fraction of sp³-hybridized carbons (Fsp3) is 0.111. The molecule has 64 valence electrons. The number of rotatable bonds is 1. The van der Waals surface area contributed by atoms with E-state index >= 15 is 0 Å². The van der Waals surface area contributed by atoms with E-state index in [4.69, 9.17) is 16.9 Å². The minimum absolute atomic E-state index is 0.317. The smallest absolute Gasteiger partial charge is 0.138 e. The first-order chi connectivity index (χ1) is 6.31. The van der Waals surface area contributed by atoms with Crippen LogP contribution in [0.2, 0.25) is 5.15 Å². The summed E-state index contributed by atoms with van der Waals surface area (Å²) in [7, 11) is 0. The van der Waals surface area contributed by atoms with Crippen molar-refractivity contribution in [1.82, 2.24) is 9.38 Å². The Bertz CT molecular complexity index is 481. The van der Waals surface area contributed by atoms with Crippen molar-refractivity contribution >= 4 is 17.2 Å². The maximum atomic E-state index is 8.48. The normalized spacial score (nSPS) is 10.2. The van der Waals surface area contributed by atoms with Gasteiger partial charge in [-0.2, -0.15) is 5.26 Å². The molecule has 0 aliphatic heterocycles. The van der Waals surface area contributed by atoms with Gasteiger partial charge in [0.2, 0.25) is 0 Å². The van der Waals surface area contributed by atoms with Gasteiger partial charge < -0.3 is 0 Å². The second kappa shape index (κ2) is 3.08. The first-order valence-corrected chi connectivity index (χ1v) is 4.18. The minimum Gasteiger partial charge on any atom is -0.290 e. The zero-order valence-corrected chi connectivity index (χ0v) is 7.49. The molecular weight excluding hydrogens is 186 g/mol. The Kier molecular flexibility index (Phi) is 1.91. The quantitative estimate of drug-likeness (QED) is 0.648. The molecule has 0 bridgehead atoms. The number of halogens is 1. The number of pyridine rings is 1. The lowest BCUT2D eigenvalue weighted by atomic mass is 10.4.